The number of benzene rings is 1. The molecule has 1 aromatic heterocycles. The Balaban J connectivity index is 1.64. The molecule has 2 aromatic rings. The van der Waals surface area contributed by atoms with Crippen LogP contribution in [0.4, 0.5) is 0 Å². The van der Waals surface area contributed by atoms with E-state index in [0.717, 1.165) is 18.4 Å². The summed E-state index contributed by atoms with van der Waals surface area (Å²) < 4.78 is 26.6. The molecule has 5 nitrogen and oxygen atoms in total. The molecule has 2 rings (SSSR count). The third-order valence-corrected chi connectivity index (χ3v) is 5.89. The predicted molar refractivity (Wildman–Crippen MR) is 96.6 cm³/mol. The average Bonchev–Trinajstić information content (AvgIpc) is 3.05. The Morgan fingerprint density at radius 2 is 1.88 bits per heavy atom. The summed E-state index contributed by atoms with van der Waals surface area (Å²) in [6.07, 6.45) is 2.13. The van der Waals surface area contributed by atoms with Crippen molar-refractivity contribution in [1.82, 2.24) is 10.0 Å². The van der Waals surface area contributed by atoms with Crippen LogP contribution in [0.25, 0.3) is 0 Å². The molecule has 0 unspecified atom stereocenters. The SMILES string of the molecule is Cc1ccc(S(=O)(=O)NCCNC(=O)CCCc2cccs2)cc1. The molecule has 0 aliphatic rings. The summed E-state index contributed by atoms with van der Waals surface area (Å²) in [6.45, 7) is 2.35. The lowest BCUT2D eigenvalue weighted by Crippen LogP contribution is -2.34. The average molecular weight is 367 g/mol. The number of aryl methyl sites for hydroxylation is 2. The second kappa shape index (κ2) is 8.96. The van der Waals surface area contributed by atoms with Gasteiger partial charge in [-0.25, -0.2) is 13.1 Å². The summed E-state index contributed by atoms with van der Waals surface area (Å²) in [7, 11) is -3.52. The first kappa shape index (κ1) is 18.6. The molecule has 7 heteroatoms. The molecule has 0 radical (unpaired) electrons. The van der Waals surface area contributed by atoms with E-state index in [0.29, 0.717) is 6.42 Å². The number of thiophene rings is 1. The van der Waals surface area contributed by atoms with E-state index in [-0.39, 0.29) is 23.9 Å². The van der Waals surface area contributed by atoms with Gasteiger partial charge in [-0.15, -0.1) is 11.3 Å². The van der Waals surface area contributed by atoms with Gasteiger partial charge in [0.2, 0.25) is 15.9 Å². The van der Waals surface area contributed by atoms with E-state index in [9.17, 15) is 13.2 Å². The van der Waals surface area contributed by atoms with Crippen LogP contribution in [0.15, 0.2) is 46.7 Å². The van der Waals surface area contributed by atoms with Crippen LogP contribution < -0.4 is 10.0 Å². The first-order chi connectivity index (χ1) is 11.5. The molecule has 2 N–H and O–H groups in total. The molecule has 1 heterocycles. The van der Waals surface area contributed by atoms with E-state index < -0.39 is 10.0 Å². The van der Waals surface area contributed by atoms with E-state index in [1.807, 2.05) is 18.4 Å². The Hall–Kier alpha value is -1.70. The van der Waals surface area contributed by atoms with Crippen LogP contribution in [0.3, 0.4) is 0 Å². The van der Waals surface area contributed by atoms with Crippen LogP contribution in [-0.2, 0) is 21.2 Å². The monoisotopic (exact) mass is 366 g/mol. The second-order valence-electron chi connectivity index (χ2n) is 5.49. The number of nitrogens with one attached hydrogen (secondary N) is 2. The van der Waals surface area contributed by atoms with Crippen molar-refractivity contribution in [2.45, 2.75) is 31.1 Å². The van der Waals surface area contributed by atoms with Crippen molar-refractivity contribution in [2.75, 3.05) is 13.1 Å². The van der Waals surface area contributed by atoms with Crippen LogP contribution >= 0.6 is 11.3 Å². The Morgan fingerprint density at radius 1 is 1.12 bits per heavy atom. The standard InChI is InChI=1S/C17H22N2O3S2/c1-14-7-9-16(10-8-14)24(21,22)19-12-11-18-17(20)6-2-4-15-5-3-13-23-15/h3,5,7-10,13,19H,2,4,6,11-12H2,1H3,(H,18,20). The Kier molecular flexibility index (Phi) is 6.96. The summed E-state index contributed by atoms with van der Waals surface area (Å²) in [5.41, 5.74) is 1.00. The summed E-state index contributed by atoms with van der Waals surface area (Å²) in [5.74, 6) is -0.0545. The topological polar surface area (TPSA) is 75.3 Å². The third-order valence-electron chi connectivity index (χ3n) is 3.48. The minimum atomic E-state index is -3.52. The zero-order valence-electron chi connectivity index (χ0n) is 13.6. The minimum absolute atomic E-state index is 0.0545. The van der Waals surface area contributed by atoms with Crippen molar-refractivity contribution in [3.05, 3.63) is 52.2 Å². The van der Waals surface area contributed by atoms with E-state index >= 15 is 0 Å². The largest absolute Gasteiger partial charge is 0.355 e. The maximum absolute atomic E-state index is 12.1. The lowest BCUT2D eigenvalue weighted by Gasteiger charge is -2.08. The fourth-order valence-electron chi connectivity index (χ4n) is 2.15. The minimum Gasteiger partial charge on any atom is -0.355 e. The van der Waals surface area contributed by atoms with E-state index in [1.165, 1.54) is 4.88 Å². The highest BCUT2D eigenvalue weighted by Crippen LogP contribution is 2.12. The van der Waals surface area contributed by atoms with E-state index in [2.05, 4.69) is 16.1 Å². The molecule has 0 fully saturated rings. The molecule has 0 aliphatic carbocycles. The molecule has 0 saturated heterocycles. The quantitative estimate of drug-likeness (QED) is 0.670. The second-order valence-corrected chi connectivity index (χ2v) is 8.29. The van der Waals surface area contributed by atoms with Gasteiger partial charge in [0.1, 0.15) is 0 Å². The van der Waals surface area contributed by atoms with Crippen LogP contribution in [0.1, 0.15) is 23.3 Å². The number of amides is 1. The number of rotatable bonds is 9. The number of carbonyl (C=O) groups excluding carboxylic acids is 1. The fourth-order valence-corrected chi connectivity index (χ4v) is 3.94. The van der Waals surface area contributed by atoms with Crippen molar-refractivity contribution >= 4 is 27.3 Å². The molecule has 0 aliphatic heterocycles. The van der Waals surface area contributed by atoms with Crippen molar-refractivity contribution in [1.29, 1.82) is 0 Å². The summed E-state index contributed by atoms with van der Waals surface area (Å²) >= 11 is 1.69. The highest BCUT2D eigenvalue weighted by Gasteiger charge is 2.12. The molecule has 1 aromatic carbocycles. The zero-order chi connectivity index (χ0) is 17.4. The van der Waals surface area contributed by atoms with Gasteiger partial charge in [-0.05, 0) is 43.3 Å². The molecule has 1 amide bonds. The normalized spacial score (nSPS) is 11.4. The van der Waals surface area contributed by atoms with E-state index in [1.54, 1.807) is 35.6 Å². The number of sulfonamides is 1. The van der Waals surface area contributed by atoms with Crippen LogP contribution in [0.5, 0.6) is 0 Å². The van der Waals surface area contributed by atoms with Gasteiger partial charge in [-0.2, -0.15) is 0 Å². The summed E-state index contributed by atoms with van der Waals surface area (Å²) in [5, 5.41) is 4.76. The Morgan fingerprint density at radius 3 is 2.54 bits per heavy atom. The molecular weight excluding hydrogens is 344 g/mol. The molecule has 24 heavy (non-hydrogen) atoms. The molecule has 0 spiro atoms. The highest BCUT2D eigenvalue weighted by molar-refractivity contribution is 7.89. The van der Waals surface area contributed by atoms with Gasteiger partial charge in [-0.3, -0.25) is 4.79 Å². The lowest BCUT2D eigenvalue weighted by molar-refractivity contribution is -0.121. The Bertz CT molecular complexity index is 739. The van der Waals surface area contributed by atoms with Crippen LogP contribution in [-0.4, -0.2) is 27.4 Å². The zero-order valence-corrected chi connectivity index (χ0v) is 15.3. The number of carbonyl (C=O) groups is 1. The van der Waals surface area contributed by atoms with Crippen LogP contribution in [0, 0.1) is 6.92 Å². The fraction of sp³-hybridized carbons (Fsp3) is 0.353. The first-order valence-corrected chi connectivity index (χ1v) is 10.2. The molecule has 0 bridgehead atoms. The van der Waals surface area contributed by atoms with Gasteiger partial charge in [0, 0.05) is 24.4 Å². The van der Waals surface area contributed by atoms with Gasteiger partial charge >= 0.3 is 0 Å². The molecule has 0 atom stereocenters. The van der Waals surface area contributed by atoms with Crippen LogP contribution in [0.2, 0.25) is 0 Å². The van der Waals surface area contributed by atoms with Crippen molar-refractivity contribution < 1.29 is 13.2 Å². The molecule has 0 saturated carbocycles. The number of hydrogen-bond donors (Lipinski definition) is 2. The maximum atomic E-state index is 12.1. The summed E-state index contributed by atoms with van der Waals surface area (Å²) in [4.78, 5) is 13.2. The van der Waals surface area contributed by atoms with Crippen molar-refractivity contribution in [2.24, 2.45) is 0 Å². The van der Waals surface area contributed by atoms with Gasteiger partial charge in [0.15, 0.2) is 0 Å². The maximum Gasteiger partial charge on any atom is 0.240 e. The molecular formula is C17H22N2O3S2. The predicted octanol–water partition coefficient (Wildman–Crippen LogP) is 2.47. The van der Waals surface area contributed by atoms with Gasteiger partial charge in [0.25, 0.3) is 0 Å². The molecule has 130 valence electrons. The van der Waals surface area contributed by atoms with Crippen molar-refractivity contribution in [3.63, 3.8) is 0 Å². The smallest absolute Gasteiger partial charge is 0.240 e. The third kappa shape index (κ3) is 6.07. The Labute approximate surface area is 147 Å². The van der Waals surface area contributed by atoms with Crippen molar-refractivity contribution in [3.8, 4) is 0 Å². The highest BCUT2D eigenvalue weighted by atomic mass is 32.2. The van der Waals surface area contributed by atoms with Gasteiger partial charge in [0.05, 0.1) is 4.90 Å². The van der Waals surface area contributed by atoms with Gasteiger partial charge in [-0.1, -0.05) is 23.8 Å². The number of hydrogen-bond acceptors (Lipinski definition) is 4. The van der Waals surface area contributed by atoms with E-state index in [4.69, 9.17) is 0 Å². The van der Waals surface area contributed by atoms with Gasteiger partial charge < -0.3 is 5.32 Å². The lowest BCUT2D eigenvalue weighted by atomic mass is 10.2. The first-order valence-electron chi connectivity index (χ1n) is 7.83. The summed E-state index contributed by atoms with van der Waals surface area (Å²) in [6, 6.07) is 10.7.